The molecule has 170 valence electrons. The summed E-state index contributed by atoms with van der Waals surface area (Å²) in [5.41, 5.74) is 2.01. The predicted molar refractivity (Wildman–Crippen MR) is 137 cm³/mol. The molecule has 2 aromatic rings. The number of aliphatic hydroxyl groups is 1. The monoisotopic (exact) mass is 539 g/mol. The Morgan fingerprint density at radius 3 is 2.52 bits per heavy atom. The summed E-state index contributed by atoms with van der Waals surface area (Å²) >= 11 is 0. The zero-order chi connectivity index (χ0) is 21.3. The summed E-state index contributed by atoms with van der Waals surface area (Å²) in [7, 11) is 1.63. The molecule has 2 heterocycles. The maximum atomic E-state index is 10.5. The normalized spacial score (nSPS) is 15.7. The Labute approximate surface area is 202 Å². The number of hydrogen-bond donors (Lipinski definition) is 3. The Kier molecular flexibility index (Phi) is 10.3. The second kappa shape index (κ2) is 12.7. The molecule has 7 nitrogen and oxygen atoms in total. The molecule has 1 aromatic heterocycles. The molecule has 1 unspecified atom stereocenters. The van der Waals surface area contributed by atoms with Crippen molar-refractivity contribution >= 4 is 35.8 Å². The van der Waals surface area contributed by atoms with Gasteiger partial charge in [0.2, 0.25) is 0 Å². The van der Waals surface area contributed by atoms with Gasteiger partial charge < -0.3 is 25.4 Å². The van der Waals surface area contributed by atoms with E-state index in [9.17, 15) is 5.11 Å². The molecular weight excluding hydrogens is 505 g/mol. The number of piperidine rings is 1. The third-order valence-corrected chi connectivity index (χ3v) is 5.32. The highest BCUT2D eigenvalue weighted by Crippen LogP contribution is 2.19. The number of aryl methyl sites for hydroxylation is 1. The van der Waals surface area contributed by atoms with Crippen LogP contribution >= 0.6 is 24.0 Å². The van der Waals surface area contributed by atoms with E-state index in [4.69, 9.17) is 4.74 Å². The molecule has 0 saturated carbocycles. The number of aliphatic hydroxyl groups excluding tert-OH is 1. The Morgan fingerprint density at radius 2 is 1.94 bits per heavy atom. The number of aromatic nitrogens is 1. The van der Waals surface area contributed by atoms with E-state index >= 15 is 0 Å². The second-order valence-corrected chi connectivity index (χ2v) is 7.61. The fourth-order valence-corrected chi connectivity index (χ4v) is 3.52. The lowest BCUT2D eigenvalue weighted by molar-refractivity contribution is 0.187. The van der Waals surface area contributed by atoms with Gasteiger partial charge in [0.25, 0.3) is 0 Å². The number of guanidine groups is 1. The van der Waals surface area contributed by atoms with Gasteiger partial charge in [-0.05, 0) is 56.0 Å². The summed E-state index contributed by atoms with van der Waals surface area (Å²) in [6.45, 7) is 7.09. The van der Waals surface area contributed by atoms with Gasteiger partial charge in [0.1, 0.15) is 11.6 Å². The SMILES string of the molecule is CCNC(=NCC(O)c1ccc(OC)cc1)NC1CCN(c2ccc(C)cn2)CC1.I. The van der Waals surface area contributed by atoms with Crippen LogP contribution in [-0.4, -0.2) is 55.4 Å². The molecule has 0 aliphatic carbocycles. The minimum absolute atomic E-state index is 0. The van der Waals surface area contributed by atoms with Crippen molar-refractivity contribution in [3.05, 3.63) is 53.7 Å². The molecule has 1 atom stereocenters. The number of anilines is 1. The van der Waals surface area contributed by atoms with Gasteiger partial charge in [-0.2, -0.15) is 0 Å². The van der Waals surface area contributed by atoms with Crippen molar-refractivity contribution in [1.82, 2.24) is 15.6 Å². The maximum absolute atomic E-state index is 10.5. The van der Waals surface area contributed by atoms with Crippen molar-refractivity contribution in [3.8, 4) is 5.75 Å². The lowest BCUT2D eigenvalue weighted by Crippen LogP contribution is -2.49. The predicted octanol–water partition coefficient (Wildman–Crippen LogP) is 3.27. The third-order valence-electron chi connectivity index (χ3n) is 5.32. The first-order chi connectivity index (χ1) is 14.6. The summed E-state index contributed by atoms with van der Waals surface area (Å²) in [4.78, 5) is 11.5. The number of pyridine rings is 1. The number of rotatable bonds is 7. The van der Waals surface area contributed by atoms with Crippen molar-refractivity contribution < 1.29 is 9.84 Å². The number of halogens is 1. The Hall–Kier alpha value is -2.07. The van der Waals surface area contributed by atoms with E-state index in [1.807, 2.05) is 37.4 Å². The van der Waals surface area contributed by atoms with Crippen LogP contribution in [0.5, 0.6) is 5.75 Å². The minimum Gasteiger partial charge on any atom is -0.497 e. The lowest BCUT2D eigenvalue weighted by Gasteiger charge is -2.34. The van der Waals surface area contributed by atoms with E-state index in [2.05, 4.69) is 44.6 Å². The van der Waals surface area contributed by atoms with E-state index in [1.165, 1.54) is 5.56 Å². The summed E-state index contributed by atoms with van der Waals surface area (Å²) in [6, 6.07) is 12.0. The van der Waals surface area contributed by atoms with Crippen LogP contribution in [0, 0.1) is 6.92 Å². The topological polar surface area (TPSA) is 82.0 Å². The fraction of sp³-hybridized carbons (Fsp3) is 0.478. The molecule has 1 aromatic carbocycles. The molecule has 3 rings (SSSR count). The van der Waals surface area contributed by atoms with Gasteiger partial charge in [-0.25, -0.2) is 4.98 Å². The molecule has 3 N–H and O–H groups in total. The second-order valence-electron chi connectivity index (χ2n) is 7.61. The van der Waals surface area contributed by atoms with Crippen LogP contribution in [-0.2, 0) is 0 Å². The van der Waals surface area contributed by atoms with Gasteiger partial charge in [-0.1, -0.05) is 18.2 Å². The zero-order valence-corrected chi connectivity index (χ0v) is 20.9. The van der Waals surface area contributed by atoms with E-state index in [0.717, 1.165) is 55.6 Å². The average molecular weight is 539 g/mol. The Morgan fingerprint density at radius 1 is 1.23 bits per heavy atom. The molecule has 0 spiro atoms. The molecule has 1 aliphatic rings. The first kappa shape index (κ1) is 25.2. The van der Waals surface area contributed by atoms with Crippen LogP contribution in [0.4, 0.5) is 5.82 Å². The smallest absolute Gasteiger partial charge is 0.191 e. The molecule has 1 fully saturated rings. The first-order valence-electron chi connectivity index (χ1n) is 10.6. The van der Waals surface area contributed by atoms with Crippen molar-refractivity contribution in [2.45, 2.75) is 38.8 Å². The molecule has 0 bridgehead atoms. The Bertz CT molecular complexity index is 806. The van der Waals surface area contributed by atoms with Crippen LogP contribution in [0.2, 0.25) is 0 Å². The number of benzene rings is 1. The average Bonchev–Trinajstić information content (AvgIpc) is 2.78. The number of hydrogen-bond acceptors (Lipinski definition) is 5. The van der Waals surface area contributed by atoms with Gasteiger partial charge in [0, 0.05) is 31.9 Å². The summed E-state index contributed by atoms with van der Waals surface area (Å²) in [5, 5.41) is 17.3. The highest BCUT2D eigenvalue weighted by atomic mass is 127. The van der Waals surface area contributed by atoms with Crippen molar-refractivity contribution in [2.75, 3.05) is 38.2 Å². The first-order valence-corrected chi connectivity index (χ1v) is 10.6. The molecule has 0 radical (unpaired) electrons. The highest BCUT2D eigenvalue weighted by Gasteiger charge is 2.21. The Balaban J connectivity index is 0.00000341. The largest absolute Gasteiger partial charge is 0.497 e. The van der Waals surface area contributed by atoms with E-state index in [1.54, 1.807) is 7.11 Å². The van der Waals surface area contributed by atoms with Gasteiger partial charge >= 0.3 is 0 Å². The number of nitrogens with zero attached hydrogens (tertiary/aromatic N) is 3. The van der Waals surface area contributed by atoms with Gasteiger partial charge in [-0.15, -0.1) is 24.0 Å². The van der Waals surface area contributed by atoms with Crippen molar-refractivity contribution in [3.63, 3.8) is 0 Å². The van der Waals surface area contributed by atoms with Crippen molar-refractivity contribution in [2.24, 2.45) is 4.99 Å². The van der Waals surface area contributed by atoms with Crippen LogP contribution in [0.15, 0.2) is 47.6 Å². The van der Waals surface area contributed by atoms with Gasteiger partial charge in [0.15, 0.2) is 5.96 Å². The third kappa shape index (κ3) is 7.53. The quantitative estimate of drug-likeness (QED) is 0.285. The van der Waals surface area contributed by atoms with Gasteiger partial charge in [-0.3, -0.25) is 4.99 Å². The number of methoxy groups -OCH3 is 1. The maximum Gasteiger partial charge on any atom is 0.191 e. The summed E-state index contributed by atoms with van der Waals surface area (Å²) in [5.74, 6) is 2.57. The summed E-state index contributed by atoms with van der Waals surface area (Å²) < 4.78 is 5.17. The standard InChI is InChI=1S/C23H33N5O2.HI/c1-4-24-23(26-16-21(29)18-6-8-20(30-3)9-7-18)27-19-11-13-28(14-12-19)22-10-5-17(2)15-25-22;/h5-10,15,19,21,29H,4,11-14,16H2,1-3H3,(H2,24,26,27);1H. The fourth-order valence-electron chi connectivity index (χ4n) is 3.52. The lowest BCUT2D eigenvalue weighted by atomic mass is 10.1. The molecule has 8 heteroatoms. The van der Waals surface area contributed by atoms with Crippen LogP contribution in [0.1, 0.15) is 37.0 Å². The summed E-state index contributed by atoms with van der Waals surface area (Å²) in [6.07, 6.45) is 3.30. The number of ether oxygens (including phenoxy) is 1. The van der Waals surface area contributed by atoms with E-state index in [-0.39, 0.29) is 24.0 Å². The van der Waals surface area contributed by atoms with Gasteiger partial charge in [0.05, 0.1) is 19.8 Å². The van der Waals surface area contributed by atoms with Crippen molar-refractivity contribution in [1.29, 1.82) is 0 Å². The van der Waals surface area contributed by atoms with E-state index < -0.39 is 6.10 Å². The molecule has 1 saturated heterocycles. The molecular formula is C23H34IN5O2. The van der Waals surface area contributed by atoms with Crippen LogP contribution in [0.3, 0.4) is 0 Å². The minimum atomic E-state index is -0.652. The number of nitrogens with one attached hydrogen (secondary N) is 2. The van der Waals surface area contributed by atoms with Crippen LogP contribution < -0.4 is 20.3 Å². The molecule has 1 aliphatic heterocycles. The number of aliphatic imine (C=N–C) groups is 1. The molecule has 0 amide bonds. The van der Waals surface area contributed by atoms with Crippen LogP contribution in [0.25, 0.3) is 0 Å². The van der Waals surface area contributed by atoms with E-state index in [0.29, 0.717) is 12.6 Å². The zero-order valence-electron chi connectivity index (χ0n) is 18.5. The molecule has 31 heavy (non-hydrogen) atoms. The highest BCUT2D eigenvalue weighted by molar-refractivity contribution is 14.0.